The Hall–Kier alpha value is -0.0800. The lowest BCUT2D eigenvalue weighted by Crippen LogP contribution is -2.37. The van der Waals surface area contributed by atoms with E-state index in [0.717, 1.165) is 12.0 Å². The van der Waals surface area contributed by atoms with Crippen molar-refractivity contribution in [1.82, 2.24) is 10.2 Å². The summed E-state index contributed by atoms with van der Waals surface area (Å²) in [5, 5.41) is 3.58. The first kappa shape index (κ1) is 13.0. The lowest BCUT2D eigenvalue weighted by atomic mass is 10.1. The fraction of sp³-hybridized carbons (Fsp3) is 1.00. The standard InChI is InChI=1S/C13H28N2/c1-11(2)10-15(12(3)4)9-7-13-6-5-8-14-13/h11-14H,5-10H2,1-4H3. The molecule has 1 aliphatic rings. The molecule has 1 fully saturated rings. The van der Waals surface area contributed by atoms with Crippen LogP contribution < -0.4 is 5.32 Å². The first-order chi connectivity index (χ1) is 7.09. The summed E-state index contributed by atoms with van der Waals surface area (Å²) in [6.45, 7) is 13.0. The molecule has 90 valence electrons. The lowest BCUT2D eigenvalue weighted by Gasteiger charge is -2.29. The van der Waals surface area contributed by atoms with Crippen LogP contribution in [-0.4, -0.2) is 36.6 Å². The van der Waals surface area contributed by atoms with Crippen molar-refractivity contribution in [1.29, 1.82) is 0 Å². The molecule has 2 nitrogen and oxygen atoms in total. The molecule has 1 rings (SSSR count). The Morgan fingerprint density at radius 2 is 2.00 bits per heavy atom. The van der Waals surface area contributed by atoms with Gasteiger partial charge in [-0.1, -0.05) is 13.8 Å². The highest BCUT2D eigenvalue weighted by Crippen LogP contribution is 2.11. The predicted octanol–water partition coefficient (Wildman–Crippen LogP) is 2.49. The Bertz CT molecular complexity index is 160. The van der Waals surface area contributed by atoms with E-state index in [1.807, 2.05) is 0 Å². The van der Waals surface area contributed by atoms with Crippen LogP contribution in [0.4, 0.5) is 0 Å². The summed E-state index contributed by atoms with van der Waals surface area (Å²) < 4.78 is 0. The molecular weight excluding hydrogens is 184 g/mol. The number of hydrogen-bond acceptors (Lipinski definition) is 2. The van der Waals surface area contributed by atoms with Crippen molar-refractivity contribution < 1.29 is 0 Å². The van der Waals surface area contributed by atoms with Gasteiger partial charge in [-0.3, -0.25) is 0 Å². The lowest BCUT2D eigenvalue weighted by molar-refractivity contribution is 0.189. The first-order valence-electron chi connectivity index (χ1n) is 6.57. The third kappa shape index (κ3) is 4.98. The molecule has 0 radical (unpaired) electrons. The van der Waals surface area contributed by atoms with Crippen molar-refractivity contribution in [2.75, 3.05) is 19.6 Å². The third-order valence-corrected chi connectivity index (χ3v) is 3.26. The van der Waals surface area contributed by atoms with Crippen LogP contribution >= 0.6 is 0 Å². The van der Waals surface area contributed by atoms with Crippen molar-refractivity contribution in [2.45, 2.75) is 59.0 Å². The average molecular weight is 212 g/mol. The molecule has 0 aliphatic carbocycles. The van der Waals surface area contributed by atoms with Crippen LogP contribution in [0.1, 0.15) is 47.0 Å². The Labute approximate surface area is 95.4 Å². The highest BCUT2D eigenvalue weighted by molar-refractivity contribution is 4.76. The van der Waals surface area contributed by atoms with Gasteiger partial charge in [-0.15, -0.1) is 0 Å². The number of nitrogens with zero attached hydrogens (tertiary/aromatic N) is 1. The van der Waals surface area contributed by atoms with E-state index < -0.39 is 0 Å². The van der Waals surface area contributed by atoms with Gasteiger partial charge < -0.3 is 10.2 Å². The normalized spacial score (nSPS) is 22.2. The van der Waals surface area contributed by atoms with E-state index in [9.17, 15) is 0 Å². The van der Waals surface area contributed by atoms with Crippen LogP contribution in [0.3, 0.4) is 0 Å². The highest BCUT2D eigenvalue weighted by atomic mass is 15.1. The van der Waals surface area contributed by atoms with Gasteiger partial charge in [0.05, 0.1) is 0 Å². The van der Waals surface area contributed by atoms with Crippen molar-refractivity contribution in [3.8, 4) is 0 Å². The maximum absolute atomic E-state index is 3.58. The van der Waals surface area contributed by atoms with Crippen LogP contribution in [-0.2, 0) is 0 Å². The van der Waals surface area contributed by atoms with Crippen LogP contribution in [0, 0.1) is 5.92 Å². The summed E-state index contributed by atoms with van der Waals surface area (Å²) in [4.78, 5) is 2.62. The predicted molar refractivity (Wildman–Crippen MR) is 67.2 cm³/mol. The fourth-order valence-electron chi connectivity index (χ4n) is 2.35. The topological polar surface area (TPSA) is 15.3 Å². The van der Waals surface area contributed by atoms with Crippen LogP contribution in [0.25, 0.3) is 0 Å². The van der Waals surface area contributed by atoms with Crippen molar-refractivity contribution in [2.24, 2.45) is 5.92 Å². The van der Waals surface area contributed by atoms with E-state index in [4.69, 9.17) is 0 Å². The molecule has 1 aliphatic heterocycles. The number of rotatable bonds is 6. The molecule has 0 amide bonds. The zero-order valence-corrected chi connectivity index (χ0v) is 10.9. The van der Waals surface area contributed by atoms with Crippen LogP contribution in [0.15, 0.2) is 0 Å². The van der Waals surface area contributed by atoms with Gasteiger partial charge in [-0.05, 0) is 52.1 Å². The molecule has 0 spiro atoms. The van der Waals surface area contributed by atoms with E-state index in [1.54, 1.807) is 0 Å². The largest absolute Gasteiger partial charge is 0.314 e. The molecule has 2 heteroatoms. The van der Waals surface area contributed by atoms with Gasteiger partial charge in [0.2, 0.25) is 0 Å². The second kappa shape index (κ2) is 6.49. The Morgan fingerprint density at radius 3 is 2.47 bits per heavy atom. The average Bonchev–Trinajstić information content (AvgIpc) is 2.63. The second-order valence-electron chi connectivity index (χ2n) is 5.56. The van der Waals surface area contributed by atoms with Gasteiger partial charge in [0.1, 0.15) is 0 Å². The number of hydrogen-bond donors (Lipinski definition) is 1. The minimum absolute atomic E-state index is 0.689. The fourth-order valence-corrected chi connectivity index (χ4v) is 2.35. The molecule has 15 heavy (non-hydrogen) atoms. The highest BCUT2D eigenvalue weighted by Gasteiger charge is 2.17. The summed E-state index contributed by atoms with van der Waals surface area (Å²) in [5.74, 6) is 0.781. The van der Waals surface area contributed by atoms with Crippen molar-refractivity contribution in [3.05, 3.63) is 0 Å². The second-order valence-corrected chi connectivity index (χ2v) is 5.56. The third-order valence-electron chi connectivity index (χ3n) is 3.26. The Morgan fingerprint density at radius 1 is 1.27 bits per heavy atom. The minimum atomic E-state index is 0.689. The van der Waals surface area contributed by atoms with Gasteiger partial charge in [0, 0.05) is 18.6 Å². The molecule has 0 aromatic heterocycles. The zero-order chi connectivity index (χ0) is 11.3. The van der Waals surface area contributed by atoms with Gasteiger partial charge >= 0.3 is 0 Å². The van der Waals surface area contributed by atoms with E-state index >= 15 is 0 Å². The minimum Gasteiger partial charge on any atom is -0.314 e. The molecule has 1 atom stereocenters. The SMILES string of the molecule is CC(C)CN(CCC1CCCN1)C(C)C. The van der Waals surface area contributed by atoms with E-state index in [1.165, 1.54) is 38.9 Å². The molecule has 0 aromatic rings. The van der Waals surface area contributed by atoms with Crippen LogP contribution in [0.5, 0.6) is 0 Å². The van der Waals surface area contributed by atoms with Gasteiger partial charge in [0.25, 0.3) is 0 Å². The Kier molecular flexibility index (Phi) is 5.62. The molecule has 1 saturated heterocycles. The van der Waals surface area contributed by atoms with E-state index in [-0.39, 0.29) is 0 Å². The summed E-state index contributed by atoms with van der Waals surface area (Å²) in [6, 6.07) is 1.48. The summed E-state index contributed by atoms with van der Waals surface area (Å²) in [6.07, 6.45) is 4.08. The van der Waals surface area contributed by atoms with E-state index in [0.29, 0.717) is 6.04 Å². The molecule has 1 N–H and O–H groups in total. The van der Waals surface area contributed by atoms with Gasteiger partial charge in [0.15, 0.2) is 0 Å². The zero-order valence-electron chi connectivity index (χ0n) is 10.9. The maximum Gasteiger partial charge on any atom is 0.00797 e. The smallest absolute Gasteiger partial charge is 0.00797 e. The summed E-state index contributed by atoms with van der Waals surface area (Å²) in [7, 11) is 0. The molecule has 0 saturated carbocycles. The first-order valence-corrected chi connectivity index (χ1v) is 6.57. The van der Waals surface area contributed by atoms with Gasteiger partial charge in [-0.25, -0.2) is 0 Å². The summed E-state index contributed by atoms with van der Waals surface area (Å²) in [5.41, 5.74) is 0. The molecule has 1 unspecified atom stereocenters. The maximum atomic E-state index is 3.58. The van der Waals surface area contributed by atoms with Crippen molar-refractivity contribution in [3.63, 3.8) is 0 Å². The monoisotopic (exact) mass is 212 g/mol. The molecule has 0 bridgehead atoms. The van der Waals surface area contributed by atoms with Crippen molar-refractivity contribution >= 4 is 0 Å². The number of nitrogens with one attached hydrogen (secondary N) is 1. The van der Waals surface area contributed by atoms with E-state index in [2.05, 4.69) is 37.9 Å². The quantitative estimate of drug-likeness (QED) is 0.728. The molecule has 0 aromatic carbocycles. The van der Waals surface area contributed by atoms with Crippen LogP contribution in [0.2, 0.25) is 0 Å². The van der Waals surface area contributed by atoms with Gasteiger partial charge in [-0.2, -0.15) is 0 Å². The summed E-state index contributed by atoms with van der Waals surface area (Å²) >= 11 is 0. The molecular formula is C13H28N2. The Balaban J connectivity index is 2.24. The molecule has 1 heterocycles.